The molecule has 0 spiro atoms. The van der Waals surface area contributed by atoms with E-state index >= 15 is 0 Å². The van der Waals surface area contributed by atoms with Crippen LogP contribution in [0.3, 0.4) is 0 Å². The number of ether oxygens (including phenoxy) is 2. The Morgan fingerprint density at radius 3 is 2.37 bits per heavy atom. The largest absolute Gasteiger partial charge is 0.383 e. The molecule has 7 nitrogen and oxygen atoms in total. The second-order valence-electron chi connectivity index (χ2n) is 4.53. The van der Waals surface area contributed by atoms with Crippen molar-refractivity contribution in [2.75, 3.05) is 53.6 Å². The predicted molar refractivity (Wildman–Crippen MR) is 73.3 cm³/mol. The quantitative estimate of drug-likeness (QED) is 0.550. The lowest BCUT2D eigenvalue weighted by molar-refractivity contribution is 0.149. The molecule has 1 aliphatic rings. The van der Waals surface area contributed by atoms with Crippen LogP contribution in [0.4, 0.5) is 0 Å². The molecular weight excluding hydrogens is 270 g/mol. The molecule has 0 aromatic heterocycles. The highest BCUT2D eigenvalue weighted by Gasteiger charge is 2.23. The minimum Gasteiger partial charge on any atom is -0.383 e. The molecule has 1 heterocycles. The summed E-state index contributed by atoms with van der Waals surface area (Å²) < 4.78 is 38.2. The standard InChI is InChI=1S/C11H25N3O4S/c1-17-8-6-14(7-9-18-2)19(15,16)13-10-11-4-3-5-12-11/h11-13H,3-10H2,1-2H3. The topological polar surface area (TPSA) is 79.9 Å². The molecule has 1 rings (SSSR count). The predicted octanol–water partition coefficient (Wildman–Crippen LogP) is -0.832. The van der Waals surface area contributed by atoms with Crippen LogP contribution in [0.2, 0.25) is 0 Å². The third kappa shape index (κ3) is 6.15. The van der Waals surface area contributed by atoms with Gasteiger partial charge < -0.3 is 14.8 Å². The summed E-state index contributed by atoms with van der Waals surface area (Å²) in [6.45, 7) is 2.78. The van der Waals surface area contributed by atoms with Crippen LogP contribution in [-0.4, -0.2) is 72.4 Å². The van der Waals surface area contributed by atoms with E-state index in [1.54, 1.807) is 14.2 Å². The average molecular weight is 295 g/mol. The van der Waals surface area contributed by atoms with Gasteiger partial charge in [0.1, 0.15) is 0 Å². The Bertz CT molecular complexity index is 323. The maximum absolute atomic E-state index is 12.2. The van der Waals surface area contributed by atoms with Crippen LogP contribution in [0, 0.1) is 0 Å². The molecule has 114 valence electrons. The first-order valence-electron chi connectivity index (χ1n) is 6.56. The molecule has 1 atom stereocenters. The number of nitrogens with one attached hydrogen (secondary N) is 2. The van der Waals surface area contributed by atoms with E-state index in [1.165, 1.54) is 4.31 Å². The summed E-state index contributed by atoms with van der Waals surface area (Å²) >= 11 is 0. The van der Waals surface area contributed by atoms with Crippen molar-refractivity contribution in [2.24, 2.45) is 0 Å². The fourth-order valence-electron chi connectivity index (χ4n) is 1.97. The van der Waals surface area contributed by atoms with Gasteiger partial charge in [0.25, 0.3) is 10.2 Å². The molecule has 1 fully saturated rings. The molecule has 8 heteroatoms. The lowest BCUT2D eigenvalue weighted by atomic mass is 10.2. The number of nitrogens with zero attached hydrogens (tertiary/aromatic N) is 1. The lowest BCUT2D eigenvalue weighted by Gasteiger charge is -2.22. The Morgan fingerprint density at radius 2 is 1.89 bits per heavy atom. The molecular formula is C11H25N3O4S. The smallest absolute Gasteiger partial charge is 0.279 e. The molecule has 19 heavy (non-hydrogen) atoms. The van der Waals surface area contributed by atoms with Crippen LogP contribution in [-0.2, 0) is 19.7 Å². The van der Waals surface area contributed by atoms with Gasteiger partial charge in [0.05, 0.1) is 13.2 Å². The third-order valence-electron chi connectivity index (χ3n) is 3.10. The summed E-state index contributed by atoms with van der Waals surface area (Å²) in [7, 11) is -0.366. The Labute approximate surface area is 115 Å². The van der Waals surface area contributed by atoms with E-state index < -0.39 is 10.2 Å². The first-order valence-corrected chi connectivity index (χ1v) is 8.00. The molecule has 0 aliphatic carbocycles. The van der Waals surface area contributed by atoms with Gasteiger partial charge in [-0.3, -0.25) is 0 Å². The van der Waals surface area contributed by atoms with E-state index in [1.807, 2.05) is 0 Å². The molecule has 2 N–H and O–H groups in total. The molecule has 1 saturated heterocycles. The Hall–Kier alpha value is -0.250. The lowest BCUT2D eigenvalue weighted by Crippen LogP contribution is -2.47. The van der Waals surface area contributed by atoms with Crippen molar-refractivity contribution < 1.29 is 17.9 Å². The van der Waals surface area contributed by atoms with Gasteiger partial charge in [0, 0.05) is 39.9 Å². The average Bonchev–Trinajstić information content (AvgIpc) is 2.89. The fraction of sp³-hybridized carbons (Fsp3) is 1.00. The van der Waals surface area contributed by atoms with E-state index in [-0.39, 0.29) is 6.04 Å². The third-order valence-corrected chi connectivity index (χ3v) is 4.68. The molecule has 0 aromatic carbocycles. The van der Waals surface area contributed by atoms with Crippen LogP contribution in [0.5, 0.6) is 0 Å². The van der Waals surface area contributed by atoms with Crippen molar-refractivity contribution >= 4 is 10.2 Å². The van der Waals surface area contributed by atoms with Gasteiger partial charge in [0.2, 0.25) is 0 Å². The molecule has 0 radical (unpaired) electrons. The van der Waals surface area contributed by atoms with Gasteiger partial charge in [-0.05, 0) is 19.4 Å². The van der Waals surface area contributed by atoms with Crippen LogP contribution in [0.25, 0.3) is 0 Å². The summed E-state index contributed by atoms with van der Waals surface area (Å²) in [4.78, 5) is 0. The Morgan fingerprint density at radius 1 is 1.26 bits per heavy atom. The maximum Gasteiger partial charge on any atom is 0.279 e. The van der Waals surface area contributed by atoms with E-state index in [4.69, 9.17) is 9.47 Å². The van der Waals surface area contributed by atoms with Crippen molar-refractivity contribution in [3.8, 4) is 0 Å². The molecule has 1 unspecified atom stereocenters. The number of methoxy groups -OCH3 is 2. The maximum atomic E-state index is 12.2. The summed E-state index contributed by atoms with van der Waals surface area (Å²) in [5.41, 5.74) is 0. The molecule has 1 aliphatic heterocycles. The first-order chi connectivity index (χ1) is 9.10. The van der Waals surface area contributed by atoms with Crippen molar-refractivity contribution in [3.63, 3.8) is 0 Å². The SMILES string of the molecule is COCCN(CCOC)S(=O)(=O)NCC1CCCN1. The molecule has 0 amide bonds. The van der Waals surface area contributed by atoms with Crippen LogP contribution in [0.15, 0.2) is 0 Å². The van der Waals surface area contributed by atoms with Gasteiger partial charge in [-0.2, -0.15) is 12.7 Å². The minimum atomic E-state index is -3.47. The highest BCUT2D eigenvalue weighted by Crippen LogP contribution is 2.05. The van der Waals surface area contributed by atoms with E-state index in [0.717, 1.165) is 19.4 Å². The van der Waals surface area contributed by atoms with E-state index in [2.05, 4.69) is 10.0 Å². The number of rotatable bonds is 10. The second kappa shape index (κ2) is 8.83. The number of hydrogen-bond acceptors (Lipinski definition) is 5. The Balaban J connectivity index is 2.47. The molecule has 0 aromatic rings. The van der Waals surface area contributed by atoms with Crippen molar-refractivity contribution in [3.05, 3.63) is 0 Å². The normalized spacial score (nSPS) is 20.3. The summed E-state index contributed by atoms with van der Waals surface area (Å²) in [5.74, 6) is 0. The first kappa shape index (κ1) is 16.8. The van der Waals surface area contributed by atoms with Crippen molar-refractivity contribution in [2.45, 2.75) is 18.9 Å². The summed E-state index contributed by atoms with van der Waals surface area (Å²) in [5, 5.41) is 3.26. The van der Waals surface area contributed by atoms with Crippen LogP contribution >= 0.6 is 0 Å². The van der Waals surface area contributed by atoms with Gasteiger partial charge in [0.15, 0.2) is 0 Å². The minimum absolute atomic E-state index is 0.237. The van der Waals surface area contributed by atoms with Gasteiger partial charge in [-0.1, -0.05) is 0 Å². The Kier molecular flexibility index (Phi) is 7.81. The highest BCUT2D eigenvalue weighted by atomic mass is 32.2. The van der Waals surface area contributed by atoms with E-state index in [9.17, 15) is 8.42 Å². The van der Waals surface area contributed by atoms with Crippen LogP contribution in [0.1, 0.15) is 12.8 Å². The van der Waals surface area contributed by atoms with E-state index in [0.29, 0.717) is 32.8 Å². The number of hydrogen-bond donors (Lipinski definition) is 2. The molecule has 0 saturated carbocycles. The zero-order chi connectivity index (χ0) is 14.1. The van der Waals surface area contributed by atoms with Gasteiger partial charge in [-0.25, -0.2) is 4.72 Å². The zero-order valence-corrected chi connectivity index (χ0v) is 12.5. The van der Waals surface area contributed by atoms with Gasteiger partial charge in [-0.15, -0.1) is 0 Å². The fourth-order valence-corrected chi connectivity index (χ4v) is 3.19. The monoisotopic (exact) mass is 295 g/mol. The molecule has 0 bridgehead atoms. The second-order valence-corrected chi connectivity index (χ2v) is 6.29. The highest BCUT2D eigenvalue weighted by molar-refractivity contribution is 7.87. The van der Waals surface area contributed by atoms with Crippen molar-refractivity contribution in [1.82, 2.24) is 14.3 Å². The summed E-state index contributed by atoms with van der Waals surface area (Å²) in [6.07, 6.45) is 2.11. The van der Waals surface area contributed by atoms with Gasteiger partial charge >= 0.3 is 0 Å². The zero-order valence-electron chi connectivity index (χ0n) is 11.7. The van der Waals surface area contributed by atoms with Crippen molar-refractivity contribution in [1.29, 1.82) is 0 Å². The summed E-state index contributed by atoms with van der Waals surface area (Å²) in [6, 6.07) is 0.237. The van der Waals surface area contributed by atoms with Crippen LogP contribution < -0.4 is 10.0 Å².